The van der Waals surface area contributed by atoms with Crippen molar-refractivity contribution >= 4 is 60.9 Å². The van der Waals surface area contributed by atoms with Crippen LogP contribution in [0.15, 0.2) is 221 Å². The molecule has 0 spiro atoms. The molecule has 0 saturated carbocycles. The molecule has 0 bridgehead atoms. The topological polar surface area (TPSA) is 29.5 Å². The number of fused-ring (bicyclic) bond motifs is 6. The second-order valence-electron chi connectivity index (χ2n) is 14.4. The third kappa shape index (κ3) is 5.68. The van der Waals surface area contributed by atoms with Gasteiger partial charge in [-0.15, -0.1) is 0 Å². The van der Waals surface area contributed by atoms with Crippen molar-refractivity contribution in [3.8, 4) is 44.5 Å². The fourth-order valence-electron chi connectivity index (χ4n) is 8.41. The summed E-state index contributed by atoms with van der Waals surface area (Å²) < 4.78 is 12.8. The average molecular weight is 730 g/mol. The van der Waals surface area contributed by atoms with Crippen molar-refractivity contribution in [2.45, 2.75) is 0 Å². The molecule has 0 unspecified atom stereocenters. The summed E-state index contributed by atoms with van der Waals surface area (Å²) in [5.74, 6) is 0. The molecule has 0 saturated heterocycles. The molecule has 0 fully saturated rings. The van der Waals surface area contributed by atoms with E-state index in [0.29, 0.717) is 0 Å². The van der Waals surface area contributed by atoms with E-state index in [0.717, 1.165) is 94.3 Å². The van der Waals surface area contributed by atoms with Crippen molar-refractivity contribution in [3.63, 3.8) is 0 Å². The Hall–Kier alpha value is -7.62. The lowest BCUT2D eigenvalue weighted by Crippen LogP contribution is -2.10. The molecule has 11 rings (SSSR count). The molecule has 57 heavy (non-hydrogen) atoms. The van der Waals surface area contributed by atoms with Crippen LogP contribution in [0.25, 0.3) is 88.4 Å². The van der Waals surface area contributed by atoms with Gasteiger partial charge in [0.15, 0.2) is 0 Å². The Labute approximate surface area is 330 Å². The fourth-order valence-corrected chi connectivity index (χ4v) is 8.41. The van der Waals surface area contributed by atoms with Crippen LogP contribution in [-0.4, -0.2) is 0 Å². The summed E-state index contributed by atoms with van der Waals surface area (Å²) in [6.45, 7) is 0. The van der Waals surface area contributed by atoms with Crippen LogP contribution in [-0.2, 0) is 0 Å². The highest BCUT2D eigenvalue weighted by Crippen LogP contribution is 2.45. The maximum atomic E-state index is 6.57. The molecular weight excluding hydrogens is 695 g/mol. The van der Waals surface area contributed by atoms with E-state index in [1.165, 1.54) is 11.1 Å². The summed E-state index contributed by atoms with van der Waals surface area (Å²) in [4.78, 5) is 2.35. The third-order valence-electron chi connectivity index (χ3n) is 11.1. The van der Waals surface area contributed by atoms with Gasteiger partial charge in [0.25, 0.3) is 0 Å². The normalized spacial score (nSPS) is 11.5. The molecule has 0 N–H and O–H groups in total. The van der Waals surface area contributed by atoms with Crippen molar-refractivity contribution in [3.05, 3.63) is 212 Å². The Bertz CT molecular complexity index is 3210. The lowest BCUT2D eigenvalue weighted by Gasteiger charge is -2.27. The zero-order valence-corrected chi connectivity index (χ0v) is 31.0. The van der Waals surface area contributed by atoms with Gasteiger partial charge in [-0.05, 0) is 93.5 Å². The number of hydrogen-bond donors (Lipinski definition) is 0. The van der Waals surface area contributed by atoms with Gasteiger partial charge in [-0.1, -0.05) is 158 Å². The number of benzene rings is 9. The van der Waals surface area contributed by atoms with Crippen LogP contribution in [0.1, 0.15) is 0 Å². The van der Waals surface area contributed by atoms with Crippen molar-refractivity contribution < 1.29 is 8.83 Å². The molecule has 268 valence electrons. The van der Waals surface area contributed by atoms with Crippen LogP contribution in [0, 0.1) is 0 Å². The number of rotatable bonds is 7. The predicted octanol–water partition coefficient (Wildman–Crippen LogP) is 15.6. The Morgan fingerprint density at radius 1 is 0.281 bits per heavy atom. The highest BCUT2D eigenvalue weighted by atomic mass is 16.3. The zero-order valence-electron chi connectivity index (χ0n) is 31.0. The van der Waals surface area contributed by atoms with Crippen molar-refractivity contribution in [1.82, 2.24) is 0 Å². The highest BCUT2D eigenvalue weighted by Gasteiger charge is 2.20. The summed E-state index contributed by atoms with van der Waals surface area (Å²) in [5, 5.41) is 4.50. The standard InChI is InChI=1S/C54H35NO2/c1-3-13-36(14-4-1)37-25-29-40(30-26-37)55(41-31-27-39(28-32-41)43-19-12-24-52-53(43)48-18-8-10-23-51(48)56-52)42-33-34-44(49(35-42)38-15-5-2-6-16-38)46-20-11-21-47-45-17-7-9-22-50(45)57-54(46)47/h1-35H. The van der Waals surface area contributed by atoms with Gasteiger partial charge >= 0.3 is 0 Å². The molecule has 0 aliphatic carbocycles. The molecule has 0 radical (unpaired) electrons. The van der Waals surface area contributed by atoms with Crippen LogP contribution in [0.4, 0.5) is 17.1 Å². The summed E-state index contributed by atoms with van der Waals surface area (Å²) in [7, 11) is 0. The average Bonchev–Trinajstić information content (AvgIpc) is 3.87. The first kappa shape index (κ1) is 32.8. The Morgan fingerprint density at radius 2 is 0.789 bits per heavy atom. The molecule has 0 atom stereocenters. The smallest absolute Gasteiger partial charge is 0.143 e. The molecule has 0 amide bonds. The van der Waals surface area contributed by atoms with Crippen molar-refractivity contribution in [1.29, 1.82) is 0 Å². The lowest BCUT2D eigenvalue weighted by molar-refractivity contribution is 0.669. The van der Waals surface area contributed by atoms with Crippen LogP contribution < -0.4 is 4.90 Å². The molecular formula is C54H35NO2. The van der Waals surface area contributed by atoms with Crippen LogP contribution in [0.2, 0.25) is 0 Å². The number of para-hydroxylation sites is 3. The molecule has 2 heterocycles. The summed E-state index contributed by atoms with van der Waals surface area (Å²) in [5.41, 5.74) is 15.9. The van der Waals surface area contributed by atoms with Gasteiger partial charge in [-0.3, -0.25) is 0 Å². The first-order chi connectivity index (χ1) is 28.3. The second kappa shape index (κ2) is 13.6. The highest BCUT2D eigenvalue weighted by molar-refractivity contribution is 6.13. The molecule has 3 nitrogen and oxygen atoms in total. The lowest BCUT2D eigenvalue weighted by atomic mass is 9.92. The van der Waals surface area contributed by atoms with Crippen LogP contribution in [0.3, 0.4) is 0 Å². The third-order valence-corrected chi connectivity index (χ3v) is 11.1. The minimum absolute atomic E-state index is 0.892. The first-order valence-corrected chi connectivity index (χ1v) is 19.3. The number of furan rings is 2. The number of nitrogens with zero attached hydrogens (tertiary/aromatic N) is 1. The first-order valence-electron chi connectivity index (χ1n) is 19.3. The second-order valence-corrected chi connectivity index (χ2v) is 14.4. The Morgan fingerprint density at radius 3 is 1.53 bits per heavy atom. The zero-order chi connectivity index (χ0) is 37.7. The minimum Gasteiger partial charge on any atom is -0.456 e. The SMILES string of the molecule is c1ccc(-c2ccc(N(c3ccc(-c4cccc5oc6ccccc6c45)cc3)c3ccc(-c4cccc5c4oc4ccccc45)c(-c4ccccc4)c3)cc2)cc1. The maximum Gasteiger partial charge on any atom is 0.143 e. The van der Waals surface area contributed by atoms with Crippen LogP contribution >= 0.6 is 0 Å². The molecule has 0 aliphatic rings. The molecule has 9 aromatic carbocycles. The van der Waals surface area contributed by atoms with Crippen molar-refractivity contribution in [2.24, 2.45) is 0 Å². The molecule has 0 aliphatic heterocycles. The summed E-state index contributed by atoms with van der Waals surface area (Å²) in [6, 6.07) is 75.1. The van der Waals surface area contributed by atoms with Crippen molar-refractivity contribution in [2.75, 3.05) is 4.90 Å². The van der Waals surface area contributed by atoms with E-state index in [1.807, 2.05) is 24.3 Å². The van der Waals surface area contributed by atoms with Gasteiger partial charge in [0.05, 0.1) is 0 Å². The van der Waals surface area contributed by atoms with Gasteiger partial charge < -0.3 is 13.7 Å². The van der Waals surface area contributed by atoms with E-state index in [-0.39, 0.29) is 0 Å². The van der Waals surface area contributed by atoms with Crippen LogP contribution in [0.5, 0.6) is 0 Å². The van der Waals surface area contributed by atoms with Gasteiger partial charge in [0, 0.05) is 44.2 Å². The van der Waals surface area contributed by atoms with E-state index < -0.39 is 0 Å². The minimum atomic E-state index is 0.892. The quantitative estimate of drug-likeness (QED) is 0.164. The van der Waals surface area contributed by atoms with Gasteiger partial charge in [-0.25, -0.2) is 0 Å². The largest absolute Gasteiger partial charge is 0.456 e. The Kier molecular flexibility index (Phi) is 7.82. The van der Waals surface area contributed by atoms with E-state index in [4.69, 9.17) is 8.83 Å². The maximum absolute atomic E-state index is 6.57. The summed E-state index contributed by atoms with van der Waals surface area (Å²) >= 11 is 0. The van der Waals surface area contributed by atoms with Gasteiger partial charge in [0.1, 0.15) is 22.3 Å². The van der Waals surface area contributed by atoms with E-state index in [1.54, 1.807) is 0 Å². The summed E-state index contributed by atoms with van der Waals surface area (Å²) in [6.07, 6.45) is 0. The molecule has 3 heteroatoms. The van der Waals surface area contributed by atoms with E-state index in [9.17, 15) is 0 Å². The van der Waals surface area contributed by atoms with Gasteiger partial charge in [0.2, 0.25) is 0 Å². The molecule has 2 aromatic heterocycles. The van der Waals surface area contributed by atoms with Gasteiger partial charge in [-0.2, -0.15) is 0 Å². The number of hydrogen-bond acceptors (Lipinski definition) is 3. The monoisotopic (exact) mass is 729 g/mol. The fraction of sp³-hybridized carbons (Fsp3) is 0. The predicted molar refractivity (Wildman–Crippen MR) is 237 cm³/mol. The van der Waals surface area contributed by atoms with E-state index >= 15 is 0 Å². The number of anilines is 3. The Balaban J connectivity index is 1.08. The molecule has 11 aromatic rings. The van der Waals surface area contributed by atoms with E-state index in [2.05, 4.69) is 193 Å².